The van der Waals surface area contributed by atoms with Crippen molar-refractivity contribution in [3.05, 3.63) is 41.8 Å². The fourth-order valence-electron chi connectivity index (χ4n) is 1.48. The zero-order valence-electron chi connectivity index (χ0n) is 10.9. The Bertz CT molecular complexity index is 724. The maximum Gasteiger partial charge on any atom is 0.237 e. The number of nitrogens with zero attached hydrogens (tertiary/aromatic N) is 2. The molecule has 3 N–H and O–H groups in total. The van der Waals surface area contributed by atoms with Gasteiger partial charge in [-0.1, -0.05) is 12.1 Å². The van der Waals surface area contributed by atoms with Crippen molar-refractivity contribution in [3.8, 4) is 5.75 Å². The Hall–Kier alpha value is -2.06. The second-order valence-electron chi connectivity index (χ2n) is 4.02. The minimum Gasteiger partial charge on any atom is -0.490 e. The van der Waals surface area contributed by atoms with Gasteiger partial charge in [0.15, 0.2) is 0 Å². The number of anilines is 2. The molecule has 0 aliphatic heterocycles. The van der Waals surface area contributed by atoms with Crippen molar-refractivity contribution in [1.29, 1.82) is 0 Å². The van der Waals surface area contributed by atoms with E-state index in [1.54, 1.807) is 24.3 Å². The van der Waals surface area contributed by atoms with Crippen molar-refractivity contribution in [2.24, 2.45) is 0 Å². The molecule has 0 fully saturated rings. The molecule has 0 saturated heterocycles. The summed E-state index contributed by atoms with van der Waals surface area (Å²) in [4.78, 5) is 7.40. The van der Waals surface area contributed by atoms with Crippen LogP contribution in [0.25, 0.3) is 0 Å². The Balaban J connectivity index is 1.91. The van der Waals surface area contributed by atoms with Crippen LogP contribution in [0.1, 0.15) is 0 Å². The molecular formula is C12H13ClN4O3S. The first-order valence-corrected chi connectivity index (χ1v) is 7.96. The minimum absolute atomic E-state index is 0.0384. The van der Waals surface area contributed by atoms with Crippen molar-refractivity contribution in [2.75, 3.05) is 22.8 Å². The molecule has 0 radical (unpaired) electrons. The fraction of sp³-hybridized carbons (Fsp3) is 0.167. The van der Waals surface area contributed by atoms with Gasteiger partial charge >= 0.3 is 0 Å². The lowest BCUT2D eigenvalue weighted by Crippen LogP contribution is -2.22. The van der Waals surface area contributed by atoms with Crippen LogP contribution in [0.3, 0.4) is 0 Å². The number of sulfonamides is 1. The van der Waals surface area contributed by atoms with Crippen LogP contribution in [0.4, 0.5) is 11.5 Å². The molecule has 0 spiro atoms. The monoisotopic (exact) mass is 328 g/mol. The number of hydrogen-bond donors (Lipinski definition) is 2. The topological polar surface area (TPSA) is 107 Å². The van der Waals surface area contributed by atoms with Crippen molar-refractivity contribution >= 4 is 33.1 Å². The lowest BCUT2D eigenvalue weighted by atomic mass is 10.3. The van der Waals surface area contributed by atoms with E-state index in [0.29, 0.717) is 11.4 Å². The number of ether oxygens (including phenoxy) is 1. The van der Waals surface area contributed by atoms with Crippen LogP contribution in [-0.2, 0) is 10.0 Å². The van der Waals surface area contributed by atoms with E-state index in [0.717, 1.165) is 0 Å². The SMILES string of the molecule is Nc1ccccc1OCCS(=O)(=O)Nc1ccnc(Cl)n1. The van der Waals surface area contributed by atoms with E-state index in [1.165, 1.54) is 12.3 Å². The van der Waals surface area contributed by atoms with Gasteiger partial charge in [-0.05, 0) is 29.8 Å². The van der Waals surface area contributed by atoms with Gasteiger partial charge in [-0.3, -0.25) is 4.72 Å². The Morgan fingerprint density at radius 2 is 2.05 bits per heavy atom. The van der Waals surface area contributed by atoms with Crippen LogP contribution in [0.5, 0.6) is 5.75 Å². The van der Waals surface area contributed by atoms with Crippen LogP contribution >= 0.6 is 11.6 Å². The summed E-state index contributed by atoms with van der Waals surface area (Å²) in [6, 6.07) is 8.25. The van der Waals surface area contributed by atoms with Crippen LogP contribution in [-0.4, -0.2) is 30.7 Å². The maximum atomic E-state index is 11.9. The highest BCUT2D eigenvalue weighted by atomic mass is 35.5. The van der Waals surface area contributed by atoms with Gasteiger partial charge in [0.05, 0.1) is 5.69 Å². The molecule has 1 aromatic heterocycles. The summed E-state index contributed by atoms with van der Waals surface area (Å²) in [7, 11) is -3.60. The average molecular weight is 329 g/mol. The van der Waals surface area contributed by atoms with Crippen molar-refractivity contribution in [3.63, 3.8) is 0 Å². The third kappa shape index (κ3) is 4.76. The first-order valence-electron chi connectivity index (χ1n) is 5.92. The fourth-order valence-corrected chi connectivity index (χ4v) is 2.46. The highest BCUT2D eigenvalue weighted by Crippen LogP contribution is 2.19. The summed E-state index contributed by atoms with van der Waals surface area (Å²) in [5.74, 6) is 0.301. The molecule has 2 aromatic rings. The average Bonchev–Trinajstić information content (AvgIpc) is 2.40. The number of halogens is 1. The van der Waals surface area contributed by atoms with E-state index in [2.05, 4.69) is 14.7 Å². The van der Waals surface area contributed by atoms with Crippen molar-refractivity contribution in [1.82, 2.24) is 9.97 Å². The standard InChI is InChI=1S/C12H13ClN4O3S/c13-12-15-6-5-11(16-12)17-21(18,19)8-7-20-10-4-2-1-3-9(10)14/h1-6H,7-8,14H2,(H,15,16,17). The van der Waals surface area contributed by atoms with Crippen LogP contribution in [0, 0.1) is 0 Å². The van der Waals surface area contributed by atoms with Gasteiger partial charge < -0.3 is 10.5 Å². The lowest BCUT2D eigenvalue weighted by Gasteiger charge is -2.10. The molecule has 0 bridgehead atoms. The predicted octanol–water partition coefficient (Wildman–Crippen LogP) is 1.53. The summed E-state index contributed by atoms with van der Waals surface area (Å²) in [6.07, 6.45) is 1.36. The molecule has 0 aliphatic carbocycles. The minimum atomic E-state index is -3.60. The number of nitrogen functional groups attached to an aromatic ring is 1. The zero-order chi connectivity index (χ0) is 15.3. The van der Waals surface area contributed by atoms with E-state index < -0.39 is 10.0 Å². The summed E-state index contributed by atoms with van der Waals surface area (Å²) >= 11 is 5.58. The van der Waals surface area contributed by atoms with Crippen LogP contribution in [0.2, 0.25) is 5.28 Å². The molecule has 9 heteroatoms. The second-order valence-corrected chi connectivity index (χ2v) is 6.20. The Labute approximate surface area is 127 Å². The summed E-state index contributed by atoms with van der Waals surface area (Å²) < 4.78 is 31.3. The van der Waals surface area contributed by atoms with Gasteiger partial charge in [-0.15, -0.1) is 0 Å². The molecule has 0 saturated carbocycles. The molecule has 1 heterocycles. The molecule has 0 atom stereocenters. The summed E-state index contributed by atoms with van der Waals surface area (Å²) in [5.41, 5.74) is 6.14. The predicted molar refractivity (Wildman–Crippen MR) is 80.8 cm³/mol. The molecule has 1 aromatic carbocycles. The number of nitrogens with two attached hydrogens (primary N) is 1. The molecule has 2 rings (SSSR count). The summed E-state index contributed by atoms with van der Waals surface area (Å²) in [6.45, 7) is -0.0393. The number of hydrogen-bond acceptors (Lipinski definition) is 6. The number of benzene rings is 1. The van der Waals surface area contributed by atoms with Gasteiger partial charge in [0.1, 0.15) is 23.9 Å². The normalized spacial score (nSPS) is 11.1. The van der Waals surface area contributed by atoms with E-state index in [-0.39, 0.29) is 23.5 Å². The molecule has 112 valence electrons. The van der Waals surface area contributed by atoms with Crippen LogP contribution < -0.4 is 15.2 Å². The smallest absolute Gasteiger partial charge is 0.237 e. The third-order valence-electron chi connectivity index (χ3n) is 2.41. The van der Waals surface area contributed by atoms with E-state index in [9.17, 15) is 8.42 Å². The third-order valence-corrected chi connectivity index (χ3v) is 3.82. The van der Waals surface area contributed by atoms with Crippen molar-refractivity contribution in [2.45, 2.75) is 0 Å². The molecule has 21 heavy (non-hydrogen) atoms. The Morgan fingerprint density at radius 1 is 1.29 bits per heavy atom. The van der Waals surface area contributed by atoms with Crippen LogP contribution in [0.15, 0.2) is 36.5 Å². The van der Waals surface area contributed by atoms with Gasteiger partial charge in [0, 0.05) is 6.20 Å². The number of nitrogens with one attached hydrogen (secondary N) is 1. The van der Waals surface area contributed by atoms with Gasteiger partial charge in [-0.2, -0.15) is 4.98 Å². The molecule has 0 amide bonds. The van der Waals surface area contributed by atoms with Crippen molar-refractivity contribution < 1.29 is 13.2 Å². The summed E-state index contributed by atoms with van der Waals surface area (Å²) in [5, 5.41) is -0.0384. The quantitative estimate of drug-likeness (QED) is 0.615. The first-order chi connectivity index (χ1) is 9.96. The number of aromatic nitrogens is 2. The molecule has 7 nitrogen and oxygen atoms in total. The van der Waals surface area contributed by atoms with E-state index in [1.807, 2.05) is 0 Å². The number of para-hydroxylation sites is 2. The zero-order valence-corrected chi connectivity index (χ0v) is 12.4. The number of rotatable bonds is 6. The largest absolute Gasteiger partial charge is 0.490 e. The van der Waals surface area contributed by atoms with E-state index >= 15 is 0 Å². The first kappa shape index (κ1) is 15.3. The highest BCUT2D eigenvalue weighted by Gasteiger charge is 2.12. The van der Waals surface area contributed by atoms with Gasteiger partial charge in [0.25, 0.3) is 0 Å². The molecular weight excluding hydrogens is 316 g/mol. The highest BCUT2D eigenvalue weighted by molar-refractivity contribution is 7.92. The lowest BCUT2D eigenvalue weighted by molar-refractivity contribution is 0.343. The second kappa shape index (κ2) is 6.59. The van der Waals surface area contributed by atoms with Gasteiger partial charge in [-0.25, -0.2) is 13.4 Å². The Morgan fingerprint density at radius 3 is 2.76 bits per heavy atom. The molecule has 0 aliphatic rings. The Kier molecular flexibility index (Phi) is 4.81. The molecule has 0 unspecified atom stereocenters. The van der Waals surface area contributed by atoms with Gasteiger partial charge in [0.2, 0.25) is 15.3 Å². The maximum absolute atomic E-state index is 11.9. The van der Waals surface area contributed by atoms with E-state index in [4.69, 9.17) is 22.1 Å².